The highest BCUT2D eigenvalue weighted by Crippen LogP contribution is 2.17. The Kier molecular flexibility index (Phi) is 7.65. The van der Waals surface area contributed by atoms with Crippen LogP contribution in [0.4, 0.5) is 4.79 Å². The number of amides is 2. The van der Waals surface area contributed by atoms with E-state index >= 15 is 0 Å². The number of piperidine rings is 2. The van der Waals surface area contributed by atoms with Crippen molar-refractivity contribution in [3.05, 3.63) is 18.5 Å². The number of rotatable bonds is 7. The summed E-state index contributed by atoms with van der Waals surface area (Å²) in [6, 6.07) is 2.22. The van der Waals surface area contributed by atoms with Crippen LogP contribution >= 0.6 is 0 Å². The van der Waals surface area contributed by atoms with Crippen LogP contribution in [0.25, 0.3) is 0 Å². The fourth-order valence-electron chi connectivity index (χ4n) is 3.76. The SMILES string of the molecule is COCCN1CCC[C@@H](CNC(=O)N2CCC(Oc3ncccn3)CC2)C1. The Labute approximate surface area is 161 Å². The van der Waals surface area contributed by atoms with Gasteiger partial charge in [0.2, 0.25) is 0 Å². The molecule has 2 fully saturated rings. The molecule has 1 aromatic rings. The van der Waals surface area contributed by atoms with Gasteiger partial charge in [-0.1, -0.05) is 0 Å². The predicted molar refractivity (Wildman–Crippen MR) is 102 cm³/mol. The fourth-order valence-corrected chi connectivity index (χ4v) is 3.76. The molecule has 1 atom stereocenters. The lowest BCUT2D eigenvalue weighted by Gasteiger charge is -2.34. The van der Waals surface area contributed by atoms with Crippen molar-refractivity contribution in [1.82, 2.24) is 25.1 Å². The second-order valence-electron chi connectivity index (χ2n) is 7.32. The monoisotopic (exact) mass is 377 g/mol. The maximum Gasteiger partial charge on any atom is 0.317 e. The van der Waals surface area contributed by atoms with Crippen LogP contribution < -0.4 is 10.1 Å². The minimum Gasteiger partial charge on any atom is -0.460 e. The lowest BCUT2D eigenvalue weighted by Crippen LogP contribution is -2.49. The van der Waals surface area contributed by atoms with Gasteiger partial charge in [-0.25, -0.2) is 14.8 Å². The van der Waals surface area contributed by atoms with E-state index in [-0.39, 0.29) is 12.1 Å². The molecule has 27 heavy (non-hydrogen) atoms. The highest BCUT2D eigenvalue weighted by molar-refractivity contribution is 5.74. The Bertz CT molecular complexity index is 566. The second kappa shape index (κ2) is 10.4. The van der Waals surface area contributed by atoms with E-state index in [1.54, 1.807) is 25.6 Å². The molecule has 3 heterocycles. The van der Waals surface area contributed by atoms with Crippen LogP contribution in [-0.4, -0.2) is 84.9 Å². The lowest BCUT2D eigenvalue weighted by atomic mass is 9.98. The summed E-state index contributed by atoms with van der Waals surface area (Å²) in [5, 5.41) is 3.13. The number of carbonyl (C=O) groups is 1. The molecule has 1 aromatic heterocycles. The molecule has 8 nitrogen and oxygen atoms in total. The summed E-state index contributed by atoms with van der Waals surface area (Å²) in [5.74, 6) is 0.524. The third-order valence-electron chi connectivity index (χ3n) is 5.30. The Morgan fingerprint density at radius 2 is 2.00 bits per heavy atom. The lowest BCUT2D eigenvalue weighted by molar-refractivity contribution is 0.0995. The molecule has 0 saturated carbocycles. The second-order valence-corrected chi connectivity index (χ2v) is 7.32. The molecular weight excluding hydrogens is 346 g/mol. The summed E-state index contributed by atoms with van der Waals surface area (Å²) in [5.41, 5.74) is 0. The maximum absolute atomic E-state index is 12.5. The molecule has 0 unspecified atom stereocenters. The fraction of sp³-hybridized carbons (Fsp3) is 0.737. The summed E-state index contributed by atoms with van der Waals surface area (Å²) < 4.78 is 11.0. The van der Waals surface area contributed by atoms with Crippen molar-refractivity contribution in [1.29, 1.82) is 0 Å². The first-order valence-electron chi connectivity index (χ1n) is 9.92. The minimum absolute atomic E-state index is 0.0402. The molecule has 0 radical (unpaired) electrons. The van der Waals surface area contributed by atoms with Gasteiger partial charge in [-0.2, -0.15) is 0 Å². The van der Waals surface area contributed by atoms with Gasteiger partial charge in [-0.3, -0.25) is 0 Å². The van der Waals surface area contributed by atoms with Gasteiger partial charge in [-0.15, -0.1) is 0 Å². The van der Waals surface area contributed by atoms with Crippen molar-refractivity contribution in [3.8, 4) is 6.01 Å². The number of likely N-dealkylation sites (tertiary alicyclic amines) is 2. The number of hydrogen-bond acceptors (Lipinski definition) is 6. The smallest absolute Gasteiger partial charge is 0.317 e. The van der Waals surface area contributed by atoms with Gasteiger partial charge < -0.3 is 24.6 Å². The first-order chi connectivity index (χ1) is 13.2. The molecule has 2 saturated heterocycles. The topological polar surface area (TPSA) is 79.8 Å². The van der Waals surface area contributed by atoms with Crippen LogP contribution in [0, 0.1) is 5.92 Å². The molecule has 0 bridgehead atoms. The first kappa shape index (κ1) is 19.8. The third-order valence-corrected chi connectivity index (χ3v) is 5.30. The third kappa shape index (κ3) is 6.32. The Morgan fingerprint density at radius 1 is 1.22 bits per heavy atom. The summed E-state index contributed by atoms with van der Waals surface area (Å²) >= 11 is 0. The van der Waals surface area contributed by atoms with E-state index in [1.165, 1.54) is 12.8 Å². The number of hydrogen-bond donors (Lipinski definition) is 1. The number of aromatic nitrogens is 2. The molecule has 1 N–H and O–H groups in total. The predicted octanol–water partition coefficient (Wildman–Crippen LogP) is 1.39. The van der Waals surface area contributed by atoms with Gasteiger partial charge in [-0.05, 0) is 31.4 Å². The van der Waals surface area contributed by atoms with E-state index < -0.39 is 0 Å². The van der Waals surface area contributed by atoms with Crippen LogP contribution in [0.3, 0.4) is 0 Å². The molecule has 0 spiro atoms. The van der Waals surface area contributed by atoms with Gasteiger partial charge in [0.1, 0.15) is 6.10 Å². The number of methoxy groups -OCH3 is 1. The van der Waals surface area contributed by atoms with Crippen LogP contribution in [0.15, 0.2) is 18.5 Å². The van der Waals surface area contributed by atoms with Crippen LogP contribution in [0.1, 0.15) is 25.7 Å². The van der Waals surface area contributed by atoms with E-state index in [0.29, 0.717) is 25.0 Å². The molecule has 0 aliphatic carbocycles. The number of urea groups is 1. The Hall–Kier alpha value is -1.93. The van der Waals surface area contributed by atoms with E-state index in [2.05, 4.69) is 20.2 Å². The van der Waals surface area contributed by atoms with Crippen LogP contribution in [0.2, 0.25) is 0 Å². The first-order valence-corrected chi connectivity index (χ1v) is 9.92. The number of nitrogens with zero attached hydrogens (tertiary/aromatic N) is 4. The van der Waals surface area contributed by atoms with Crippen molar-refractivity contribution >= 4 is 6.03 Å². The van der Waals surface area contributed by atoms with Crippen molar-refractivity contribution in [2.45, 2.75) is 31.8 Å². The van der Waals surface area contributed by atoms with E-state index in [9.17, 15) is 4.79 Å². The van der Waals surface area contributed by atoms with Gasteiger partial charge in [0, 0.05) is 65.1 Å². The van der Waals surface area contributed by atoms with Gasteiger partial charge in [0.15, 0.2) is 0 Å². The average molecular weight is 377 g/mol. The average Bonchev–Trinajstić information content (AvgIpc) is 2.72. The summed E-state index contributed by atoms with van der Waals surface area (Å²) in [6.45, 7) is 6.06. The molecule has 150 valence electrons. The zero-order valence-corrected chi connectivity index (χ0v) is 16.2. The standard InChI is InChI=1S/C19H31N5O3/c1-26-13-12-23-9-2-4-16(15-23)14-22-19(25)24-10-5-17(6-11-24)27-18-20-7-3-8-21-18/h3,7-8,16-17H,2,4-6,9-15H2,1H3,(H,22,25)/t16-/m0/s1. The number of carbonyl (C=O) groups excluding carboxylic acids is 1. The van der Waals surface area contributed by atoms with Crippen LogP contribution in [0.5, 0.6) is 6.01 Å². The molecule has 3 rings (SSSR count). The number of ether oxygens (including phenoxy) is 2. The molecule has 2 aliphatic rings. The maximum atomic E-state index is 12.5. The summed E-state index contributed by atoms with van der Waals surface area (Å²) in [7, 11) is 1.74. The molecule has 8 heteroatoms. The Morgan fingerprint density at radius 3 is 2.74 bits per heavy atom. The summed E-state index contributed by atoms with van der Waals surface area (Å²) in [4.78, 5) is 25.0. The molecular formula is C19H31N5O3. The van der Waals surface area contributed by atoms with E-state index in [0.717, 1.165) is 45.6 Å². The highest BCUT2D eigenvalue weighted by Gasteiger charge is 2.26. The van der Waals surface area contributed by atoms with Crippen molar-refractivity contribution in [2.75, 3.05) is 53.0 Å². The Balaban J connectivity index is 1.34. The summed E-state index contributed by atoms with van der Waals surface area (Å²) in [6.07, 6.45) is 7.40. The molecule has 2 amide bonds. The van der Waals surface area contributed by atoms with Crippen molar-refractivity contribution < 1.29 is 14.3 Å². The number of nitrogens with one attached hydrogen (secondary N) is 1. The van der Waals surface area contributed by atoms with E-state index in [1.807, 2.05) is 4.90 Å². The van der Waals surface area contributed by atoms with Crippen molar-refractivity contribution in [3.63, 3.8) is 0 Å². The zero-order valence-electron chi connectivity index (χ0n) is 16.2. The van der Waals surface area contributed by atoms with Crippen molar-refractivity contribution in [2.24, 2.45) is 5.92 Å². The van der Waals surface area contributed by atoms with E-state index in [4.69, 9.17) is 9.47 Å². The molecule has 0 aromatic carbocycles. The van der Waals surface area contributed by atoms with Gasteiger partial charge in [0.25, 0.3) is 0 Å². The van der Waals surface area contributed by atoms with Crippen LogP contribution in [-0.2, 0) is 4.74 Å². The quantitative estimate of drug-likeness (QED) is 0.773. The minimum atomic E-state index is 0.0402. The highest BCUT2D eigenvalue weighted by atomic mass is 16.5. The van der Waals surface area contributed by atoms with Gasteiger partial charge in [0.05, 0.1) is 6.61 Å². The van der Waals surface area contributed by atoms with Gasteiger partial charge >= 0.3 is 12.0 Å². The largest absolute Gasteiger partial charge is 0.460 e. The zero-order chi connectivity index (χ0) is 18.9. The molecule has 2 aliphatic heterocycles. The normalized spacial score (nSPS) is 21.8.